The van der Waals surface area contributed by atoms with E-state index in [2.05, 4.69) is 16.3 Å². The highest BCUT2D eigenvalue weighted by Gasteiger charge is 2.16. The summed E-state index contributed by atoms with van der Waals surface area (Å²) in [6, 6.07) is 2.09. The minimum Gasteiger partial charge on any atom is -0.481 e. The predicted molar refractivity (Wildman–Crippen MR) is 63.8 cm³/mol. The quantitative estimate of drug-likeness (QED) is 0.823. The van der Waals surface area contributed by atoms with E-state index >= 15 is 0 Å². The molecular weight excluding hydrogens is 238 g/mol. The largest absolute Gasteiger partial charge is 0.481 e. The molecule has 0 spiro atoms. The average molecular weight is 251 g/mol. The molecule has 0 aliphatic carbocycles. The Morgan fingerprint density at radius 1 is 1.53 bits per heavy atom. The minimum absolute atomic E-state index is 0.0319. The van der Waals surface area contributed by atoms with E-state index < -0.39 is 5.97 Å². The summed E-state index contributed by atoms with van der Waals surface area (Å²) >= 11 is 1.27. The molecule has 1 aromatic heterocycles. The van der Waals surface area contributed by atoms with Gasteiger partial charge in [-0.2, -0.15) is 10.4 Å². The lowest BCUT2D eigenvalue weighted by atomic mass is 10.1. The Bertz CT molecular complexity index is 482. The van der Waals surface area contributed by atoms with Crippen molar-refractivity contribution in [3.8, 4) is 6.07 Å². The Kier molecular flexibility index (Phi) is 4.46. The number of carboxylic acid groups (broad SMARTS) is 1. The molecule has 0 aromatic carbocycles. The van der Waals surface area contributed by atoms with E-state index in [0.29, 0.717) is 10.6 Å². The van der Waals surface area contributed by atoms with Gasteiger partial charge in [0.25, 0.3) is 0 Å². The van der Waals surface area contributed by atoms with Gasteiger partial charge in [-0.3, -0.25) is 4.79 Å². The third kappa shape index (κ3) is 3.43. The monoisotopic (exact) mass is 251 g/mol. The zero-order valence-electron chi connectivity index (χ0n) is 9.89. The van der Waals surface area contributed by atoms with E-state index in [1.807, 2.05) is 6.92 Å². The van der Waals surface area contributed by atoms with Crippen molar-refractivity contribution in [3.05, 3.63) is 16.8 Å². The summed E-state index contributed by atoms with van der Waals surface area (Å²) < 4.78 is 0. The highest BCUT2D eigenvalue weighted by Crippen LogP contribution is 2.27. The van der Waals surface area contributed by atoms with Crippen LogP contribution in [0.25, 0.3) is 0 Å². The maximum atomic E-state index is 10.6. The number of aliphatic carboxylic acids is 1. The van der Waals surface area contributed by atoms with Gasteiger partial charge in [0.15, 0.2) is 0 Å². The SMILES string of the molecule is Cc1nnc(SC(C)CC(=O)O)c(C#N)c1C. The highest BCUT2D eigenvalue weighted by molar-refractivity contribution is 7.99. The van der Waals surface area contributed by atoms with Crippen LogP contribution in [0.15, 0.2) is 5.03 Å². The van der Waals surface area contributed by atoms with Crippen molar-refractivity contribution < 1.29 is 9.90 Å². The summed E-state index contributed by atoms with van der Waals surface area (Å²) in [6.45, 7) is 5.39. The number of hydrogen-bond donors (Lipinski definition) is 1. The smallest absolute Gasteiger partial charge is 0.304 e. The fourth-order valence-electron chi connectivity index (χ4n) is 1.28. The molecule has 0 fully saturated rings. The third-order valence-electron chi connectivity index (χ3n) is 2.31. The van der Waals surface area contributed by atoms with Crippen molar-refractivity contribution in [2.45, 2.75) is 37.5 Å². The number of nitrogens with zero attached hydrogens (tertiary/aromatic N) is 3. The van der Waals surface area contributed by atoms with Crippen LogP contribution in [0.4, 0.5) is 0 Å². The van der Waals surface area contributed by atoms with Gasteiger partial charge in [0.05, 0.1) is 17.7 Å². The van der Waals surface area contributed by atoms with Gasteiger partial charge in [0.1, 0.15) is 11.1 Å². The molecule has 0 saturated carbocycles. The van der Waals surface area contributed by atoms with Crippen LogP contribution in [0.3, 0.4) is 0 Å². The molecule has 90 valence electrons. The van der Waals surface area contributed by atoms with Crippen molar-refractivity contribution in [1.82, 2.24) is 10.2 Å². The normalized spacial score (nSPS) is 11.9. The third-order valence-corrected chi connectivity index (χ3v) is 3.39. The topological polar surface area (TPSA) is 86.9 Å². The van der Waals surface area contributed by atoms with E-state index in [0.717, 1.165) is 11.3 Å². The molecule has 1 atom stereocenters. The van der Waals surface area contributed by atoms with Gasteiger partial charge in [0, 0.05) is 5.25 Å². The van der Waals surface area contributed by atoms with Crippen molar-refractivity contribution in [1.29, 1.82) is 5.26 Å². The lowest BCUT2D eigenvalue weighted by Gasteiger charge is -2.10. The fraction of sp³-hybridized carbons (Fsp3) is 0.455. The first-order valence-corrected chi connectivity index (χ1v) is 5.96. The lowest BCUT2D eigenvalue weighted by Crippen LogP contribution is -2.07. The first-order valence-electron chi connectivity index (χ1n) is 5.08. The van der Waals surface area contributed by atoms with Crippen LogP contribution >= 0.6 is 11.8 Å². The molecule has 17 heavy (non-hydrogen) atoms. The Morgan fingerprint density at radius 3 is 2.71 bits per heavy atom. The molecule has 1 heterocycles. The summed E-state index contributed by atoms with van der Waals surface area (Å²) in [5, 5.41) is 26.0. The minimum atomic E-state index is -0.861. The molecule has 1 unspecified atom stereocenters. The highest BCUT2D eigenvalue weighted by atomic mass is 32.2. The maximum Gasteiger partial charge on any atom is 0.304 e. The second-order valence-corrected chi connectivity index (χ2v) is 5.16. The van der Waals surface area contributed by atoms with Crippen LogP contribution in [0.1, 0.15) is 30.2 Å². The molecule has 1 rings (SSSR count). The van der Waals surface area contributed by atoms with Crippen molar-refractivity contribution >= 4 is 17.7 Å². The van der Waals surface area contributed by atoms with E-state index in [1.54, 1.807) is 13.8 Å². The second kappa shape index (κ2) is 5.64. The fourth-order valence-corrected chi connectivity index (χ4v) is 2.29. The van der Waals surface area contributed by atoms with Crippen molar-refractivity contribution in [3.63, 3.8) is 0 Å². The summed E-state index contributed by atoms with van der Waals surface area (Å²) in [7, 11) is 0. The molecule has 0 aliphatic heterocycles. The van der Waals surface area contributed by atoms with Crippen molar-refractivity contribution in [2.75, 3.05) is 0 Å². The zero-order chi connectivity index (χ0) is 13.0. The molecule has 0 radical (unpaired) electrons. The van der Waals surface area contributed by atoms with Gasteiger partial charge in [-0.25, -0.2) is 0 Å². The Balaban J connectivity index is 2.96. The van der Waals surface area contributed by atoms with Crippen LogP contribution in [0.5, 0.6) is 0 Å². The van der Waals surface area contributed by atoms with E-state index in [4.69, 9.17) is 10.4 Å². The standard InChI is InChI=1S/C11H13N3O2S/c1-6(4-10(15)16)17-11-9(5-12)7(2)8(3)13-14-11/h6H,4H2,1-3H3,(H,15,16). The number of rotatable bonds is 4. The summed E-state index contributed by atoms with van der Waals surface area (Å²) in [5.74, 6) is -0.861. The number of aryl methyl sites for hydroxylation is 1. The van der Waals surface area contributed by atoms with Crippen LogP contribution in [0, 0.1) is 25.2 Å². The number of nitriles is 1. The van der Waals surface area contributed by atoms with Crippen LogP contribution in [0.2, 0.25) is 0 Å². The number of carboxylic acids is 1. The van der Waals surface area contributed by atoms with Gasteiger partial charge in [-0.15, -0.1) is 5.10 Å². The second-order valence-electron chi connectivity index (χ2n) is 3.73. The van der Waals surface area contributed by atoms with E-state index in [9.17, 15) is 4.79 Å². The van der Waals surface area contributed by atoms with Gasteiger partial charge in [-0.05, 0) is 19.4 Å². The number of aromatic nitrogens is 2. The molecule has 1 N–H and O–H groups in total. The molecule has 5 nitrogen and oxygen atoms in total. The Morgan fingerprint density at radius 2 is 2.18 bits per heavy atom. The van der Waals surface area contributed by atoms with Crippen LogP contribution in [-0.2, 0) is 4.79 Å². The summed E-state index contributed by atoms with van der Waals surface area (Å²) in [6.07, 6.45) is 0.0319. The number of hydrogen-bond acceptors (Lipinski definition) is 5. The van der Waals surface area contributed by atoms with Crippen LogP contribution < -0.4 is 0 Å². The van der Waals surface area contributed by atoms with Crippen LogP contribution in [-0.4, -0.2) is 26.5 Å². The van der Waals surface area contributed by atoms with Gasteiger partial charge >= 0.3 is 5.97 Å². The molecule has 0 aliphatic rings. The average Bonchev–Trinajstić information content (AvgIpc) is 2.23. The maximum absolute atomic E-state index is 10.6. The first kappa shape index (κ1) is 13.5. The number of thioether (sulfide) groups is 1. The molecular formula is C11H13N3O2S. The lowest BCUT2D eigenvalue weighted by molar-refractivity contribution is -0.136. The summed E-state index contributed by atoms with van der Waals surface area (Å²) in [5.41, 5.74) is 2.00. The van der Waals surface area contributed by atoms with E-state index in [-0.39, 0.29) is 11.7 Å². The molecule has 1 aromatic rings. The Hall–Kier alpha value is -1.61. The van der Waals surface area contributed by atoms with Gasteiger partial charge in [-0.1, -0.05) is 18.7 Å². The first-order chi connectivity index (χ1) is 7.95. The predicted octanol–water partition coefficient (Wildman–Crippen LogP) is 1.92. The molecule has 0 bridgehead atoms. The molecule has 0 amide bonds. The summed E-state index contributed by atoms with van der Waals surface area (Å²) in [4.78, 5) is 10.6. The van der Waals surface area contributed by atoms with E-state index in [1.165, 1.54) is 11.8 Å². The Labute approximate surface area is 104 Å². The molecule has 6 heteroatoms. The zero-order valence-corrected chi connectivity index (χ0v) is 10.7. The van der Waals surface area contributed by atoms with Crippen molar-refractivity contribution in [2.24, 2.45) is 0 Å². The van der Waals surface area contributed by atoms with Gasteiger partial charge < -0.3 is 5.11 Å². The molecule has 0 saturated heterocycles. The van der Waals surface area contributed by atoms with Gasteiger partial charge in [0.2, 0.25) is 0 Å². The number of carbonyl (C=O) groups is 1.